The number of urea groups is 1. The van der Waals surface area contributed by atoms with Crippen LogP contribution in [0.5, 0.6) is 0 Å². The summed E-state index contributed by atoms with van der Waals surface area (Å²) in [5.74, 6) is 0.776. The quantitative estimate of drug-likeness (QED) is 0.881. The second kappa shape index (κ2) is 6.78. The van der Waals surface area contributed by atoms with Gasteiger partial charge in [0.25, 0.3) is 0 Å². The monoisotopic (exact) mass is 345 g/mol. The Kier molecular flexibility index (Phi) is 4.50. The van der Waals surface area contributed by atoms with Gasteiger partial charge in [-0.15, -0.1) is 0 Å². The van der Waals surface area contributed by atoms with E-state index in [0.717, 1.165) is 63.4 Å². The topological polar surface area (TPSA) is 70.6 Å². The van der Waals surface area contributed by atoms with Crippen molar-refractivity contribution in [3.8, 4) is 0 Å². The summed E-state index contributed by atoms with van der Waals surface area (Å²) >= 11 is 0. The number of aromatic nitrogens is 2. The zero-order chi connectivity index (χ0) is 17.3. The molecule has 0 unspecified atom stereocenters. The highest BCUT2D eigenvalue weighted by Gasteiger charge is 2.48. The summed E-state index contributed by atoms with van der Waals surface area (Å²) in [4.78, 5) is 25.7. The van der Waals surface area contributed by atoms with Gasteiger partial charge < -0.3 is 19.9 Å². The molecule has 0 aliphatic carbocycles. The number of likely N-dealkylation sites (tertiary alicyclic amines) is 1. The minimum Gasteiger partial charge on any atom is -0.381 e. The van der Waals surface area contributed by atoms with Crippen LogP contribution in [0.1, 0.15) is 31.2 Å². The Morgan fingerprint density at radius 3 is 2.80 bits per heavy atom. The normalized spacial score (nSPS) is 29.4. The van der Waals surface area contributed by atoms with Gasteiger partial charge >= 0.3 is 6.03 Å². The standard InChI is InChI=1S/C18H27N5O2/c1-14-10-19-16(20-11-14)23-8-5-18(12-23)13-25-9-4-15(18)21-17(24)22-6-2-3-7-22/h10-11,15H,2-9,12-13H2,1H3,(H,21,24)/t15-,18+/m1/s1. The highest BCUT2D eigenvalue weighted by molar-refractivity contribution is 5.75. The molecule has 4 rings (SSSR count). The van der Waals surface area contributed by atoms with Gasteiger partial charge in [0.1, 0.15) is 0 Å². The highest BCUT2D eigenvalue weighted by Crippen LogP contribution is 2.39. The third kappa shape index (κ3) is 3.29. The molecule has 3 saturated heterocycles. The molecule has 3 aliphatic heterocycles. The number of anilines is 1. The summed E-state index contributed by atoms with van der Waals surface area (Å²) < 4.78 is 5.82. The van der Waals surface area contributed by atoms with Crippen molar-refractivity contribution in [1.82, 2.24) is 20.2 Å². The van der Waals surface area contributed by atoms with Gasteiger partial charge in [-0.25, -0.2) is 14.8 Å². The molecule has 2 atom stereocenters. The number of hydrogen-bond donors (Lipinski definition) is 1. The minimum atomic E-state index is -0.0398. The van der Waals surface area contributed by atoms with E-state index in [2.05, 4.69) is 20.2 Å². The molecule has 7 heteroatoms. The van der Waals surface area contributed by atoms with Crippen LogP contribution in [0, 0.1) is 12.3 Å². The Bertz CT molecular complexity index is 616. The molecule has 3 aliphatic rings. The second-order valence-electron chi connectivity index (χ2n) is 7.63. The van der Waals surface area contributed by atoms with Gasteiger partial charge in [-0.2, -0.15) is 0 Å². The Labute approximate surface area is 148 Å². The first kappa shape index (κ1) is 16.6. The van der Waals surface area contributed by atoms with Crippen LogP contribution in [0.3, 0.4) is 0 Å². The first-order valence-electron chi connectivity index (χ1n) is 9.33. The number of hydrogen-bond acceptors (Lipinski definition) is 5. The molecule has 1 spiro atoms. The van der Waals surface area contributed by atoms with E-state index in [1.54, 1.807) is 0 Å². The van der Waals surface area contributed by atoms with Crippen molar-refractivity contribution in [2.45, 2.75) is 38.6 Å². The molecular formula is C18H27N5O2. The van der Waals surface area contributed by atoms with Crippen LogP contribution in [0.15, 0.2) is 12.4 Å². The van der Waals surface area contributed by atoms with Gasteiger partial charge in [0.2, 0.25) is 5.95 Å². The Morgan fingerprint density at radius 2 is 2.04 bits per heavy atom. The summed E-state index contributed by atoms with van der Waals surface area (Å²) in [6.45, 7) is 6.91. The Morgan fingerprint density at radius 1 is 1.28 bits per heavy atom. The molecule has 7 nitrogen and oxygen atoms in total. The van der Waals surface area contributed by atoms with Gasteiger partial charge in [-0.05, 0) is 38.2 Å². The Hall–Kier alpha value is -1.89. The number of aryl methyl sites for hydroxylation is 1. The van der Waals surface area contributed by atoms with E-state index >= 15 is 0 Å². The molecule has 0 radical (unpaired) electrons. The van der Waals surface area contributed by atoms with E-state index in [1.165, 1.54) is 0 Å². The molecule has 1 aromatic rings. The lowest BCUT2D eigenvalue weighted by molar-refractivity contribution is -0.0190. The lowest BCUT2D eigenvalue weighted by Crippen LogP contribution is -2.57. The van der Waals surface area contributed by atoms with Crippen molar-refractivity contribution >= 4 is 12.0 Å². The van der Waals surface area contributed by atoms with Crippen LogP contribution in [0.2, 0.25) is 0 Å². The molecule has 4 heterocycles. The zero-order valence-corrected chi connectivity index (χ0v) is 14.9. The van der Waals surface area contributed by atoms with Crippen molar-refractivity contribution in [3.05, 3.63) is 18.0 Å². The van der Waals surface area contributed by atoms with Gasteiger partial charge in [-0.1, -0.05) is 0 Å². The summed E-state index contributed by atoms with van der Waals surface area (Å²) in [6.07, 6.45) is 7.82. The molecule has 0 bridgehead atoms. The third-order valence-electron chi connectivity index (χ3n) is 5.81. The largest absolute Gasteiger partial charge is 0.381 e. The van der Waals surface area contributed by atoms with E-state index in [0.29, 0.717) is 13.2 Å². The fourth-order valence-corrected chi connectivity index (χ4v) is 4.29. The van der Waals surface area contributed by atoms with Crippen LogP contribution in [-0.2, 0) is 4.74 Å². The SMILES string of the molecule is Cc1cnc(N2CC[C@@]3(COCC[C@H]3NC(=O)N3CCCC3)C2)nc1. The first-order chi connectivity index (χ1) is 12.2. The van der Waals surface area contributed by atoms with Crippen LogP contribution in [0.25, 0.3) is 0 Å². The second-order valence-corrected chi connectivity index (χ2v) is 7.63. The number of amides is 2. The summed E-state index contributed by atoms with van der Waals surface area (Å²) in [5.41, 5.74) is 1.02. The van der Waals surface area contributed by atoms with Crippen molar-refractivity contribution in [1.29, 1.82) is 0 Å². The molecule has 2 amide bonds. The minimum absolute atomic E-state index is 0.0398. The van der Waals surface area contributed by atoms with Gasteiger partial charge in [0.15, 0.2) is 0 Å². The third-order valence-corrected chi connectivity index (χ3v) is 5.81. The van der Waals surface area contributed by atoms with Crippen LogP contribution in [0.4, 0.5) is 10.7 Å². The predicted molar refractivity (Wildman–Crippen MR) is 94.6 cm³/mol. The fraction of sp³-hybridized carbons (Fsp3) is 0.722. The fourth-order valence-electron chi connectivity index (χ4n) is 4.29. The molecule has 136 valence electrons. The van der Waals surface area contributed by atoms with Crippen molar-refractivity contribution in [2.24, 2.45) is 5.41 Å². The maximum absolute atomic E-state index is 12.6. The number of ether oxygens (including phenoxy) is 1. The molecule has 0 saturated carbocycles. The van der Waals surface area contributed by atoms with Crippen molar-refractivity contribution in [3.63, 3.8) is 0 Å². The maximum atomic E-state index is 12.6. The van der Waals surface area contributed by atoms with Gasteiger partial charge in [-0.3, -0.25) is 0 Å². The summed E-state index contributed by atoms with van der Waals surface area (Å²) in [5, 5.41) is 3.31. The smallest absolute Gasteiger partial charge is 0.317 e. The Balaban J connectivity index is 1.46. The lowest BCUT2D eigenvalue weighted by atomic mass is 9.77. The molecular weight excluding hydrogens is 318 g/mol. The van der Waals surface area contributed by atoms with E-state index in [9.17, 15) is 4.79 Å². The van der Waals surface area contributed by atoms with E-state index in [4.69, 9.17) is 4.74 Å². The zero-order valence-electron chi connectivity index (χ0n) is 14.9. The number of nitrogens with zero attached hydrogens (tertiary/aromatic N) is 4. The van der Waals surface area contributed by atoms with E-state index in [-0.39, 0.29) is 17.5 Å². The van der Waals surface area contributed by atoms with Crippen LogP contribution >= 0.6 is 0 Å². The maximum Gasteiger partial charge on any atom is 0.317 e. The van der Waals surface area contributed by atoms with Gasteiger partial charge in [0, 0.05) is 56.6 Å². The number of nitrogens with one attached hydrogen (secondary N) is 1. The number of rotatable bonds is 2. The predicted octanol–water partition coefficient (Wildman–Crippen LogP) is 1.58. The first-order valence-corrected chi connectivity index (χ1v) is 9.33. The van der Waals surface area contributed by atoms with E-state index < -0.39 is 0 Å². The number of carbonyl (C=O) groups excluding carboxylic acids is 1. The van der Waals surface area contributed by atoms with Crippen LogP contribution in [-0.4, -0.2) is 66.3 Å². The van der Waals surface area contributed by atoms with Gasteiger partial charge in [0.05, 0.1) is 6.61 Å². The molecule has 1 aromatic heterocycles. The van der Waals surface area contributed by atoms with E-state index in [1.807, 2.05) is 24.2 Å². The average Bonchev–Trinajstić information content (AvgIpc) is 3.29. The lowest BCUT2D eigenvalue weighted by Gasteiger charge is -2.41. The average molecular weight is 345 g/mol. The number of carbonyl (C=O) groups is 1. The molecule has 3 fully saturated rings. The molecule has 25 heavy (non-hydrogen) atoms. The highest BCUT2D eigenvalue weighted by atomic mass is 16.5. The molecule has 1 N–H and O–H groups in total. The van der Waals surface area contributed by atoms with Crippen LogP contribution < -0.4 is 10.2 Å². The van der Waals surface area contributed by atoms with Crippen molar-refractivity contribution < 1.29 is 9.53 Å². The summed E-state index contributed by atoms with van der Waals surface area (Å²) in [6, 6.07) is 0.249. The molecule has 0 aromatic carbocycles. The van der Waals surface area contributed by atoms with Crippen molar-refractivity contribution in [2.75, 3.05) is 44.3 Å². The summed E-state index contributed by atoms with van der Waals surface area (Å²) in [7, 11) is 0.